The summed E-state index contributed by atoms with van der Waals surface area (Å²) >= 11 is 0. The summed E-state index contributed by atoms with van der Waals surface area (Å²) in [6.07, 6.45) is -1.82. The maximum atomic E-state index is 15.2. The molecule has 0 saturated heterocycles. The van der Waals surface area contributed by atoms with Crippen molar-refractivity contribution >= 4 is 5.97 Å². The second kappa shape index (κ2) is 4.17. The molecule has 24 heavy (non-hydrogen) atoms. The summed E-state index contributed by atoms with van der Waals surface area (Å²) in [7, 11) is 0. The van der Waals surface area contributed by atoms with E-state index in [0.717, 1.165) is 6.92 Å². The van der Waals surface area contributed by atoms with E-state index in [1.807, 2.05) is 0 Å². The van der Waals surface area contributed by atoms with Gasteiger partial charge in [0, 0.05) is 18.8 Å². The van der Waals surface area contributed by atoms with Crippen LogP contribution in [-0.4, -0.2) is 40.7 Å². The third-order valence-corrected chi connectivity index (χ3v) is 5.97. The van der Waals surface area contributed by atoms with Crippen LogP contribution in [0.3, 0.4) is 0 Å². The average Bonchev–Trinajstić information content (AvgIpc) is 2.95. The topological polar surface area (TPSA) is 26.3 Å². The maximum Gasteiger partial charge on any atom is 0.378 e. The van der Waals surface area contributed by atoms with Gasteiger partial charge in [0.2, 0.25) is 11.3 Å². The second-order valence-electron chi connectivity index (χ2n) is 6.85. The van der Waals surface area contributed by atoms with Crippen LogP contribution in [0.15, 0.2) is 0 Å². The molecule has 0 N–H and O–H groups in total. The Kier molecular flexibility index (Phi) is 3.08. The minimum Gasteiger partial charge on any atom is -0.459 e. The monoisotopic (exact) mass is 366 g/mol. The smallest absolute Gasteiger partial charge is 0.378 e. The van der Waals surface area contributed by atoms with E-state index in [1.165, 1.54) is 6.92 Å². The van der Waals surface area contributed by atoms with Crippen LogP contribution < -0.4 is 0 Å². The average molecular weight is 366 g/mol. The molecule has 0 aromatic rings. The zero-order valence-electron chi connectivity index (χ0n) is 12.6. The first-order valence-electron chi connectivity index (χ1n) is 7.38. The van der Waals surface area contributed by atoms with Crippen molar-refractivity contribution in [3.63, 3.8) is 0 Å². The third-order valence-electron chi connectivity index (χ3n) is 5.97. The van der Waals surface area contributed by atoms with Crippen LogP contribution in [0.4, 0.5) is 35.1 Å². The third kappa shape index (κ3) is 1.33. The van der Waals surface area contributed by atoms with E-state index >= 15 is 4.39 Å². The van der Waals surface area contributed by atoms with E-state index in [9.17, 15) is 35.5 Å². The number of hydrogen-bond acceptors (Lipinski definition) is 2. The predicted molar refractivity (Wildman–Crippen MR) is 63.5 cm³/mol. The molecule has 138 valence electrons. The van der Waals surface area contributed by atoms with Crippen LogP contribution in [0.25, 0.3) is 0 Å². The molecule has 0 aromatic carbocycles. The van der Waals surface area contributed by atoms with Crippen LogP contribution in [0, 0.1) is 11.8 Å². The number of ether oxygens (including phenoxy) is 1. The molecule has 5 unspecified atom stereocenters. The fourth-order valence-electron chi connectivity index (χ4n) is 4.97. The summed E-state index contributed by atoms with van der Waals surface area (Å²) in [5, 5.41) is 0. The lowest BCUT2D eigenvalue weighted by molar-refractivity contribution is -0.299. The molecule has 0 radical (unpaired) electrons. The Morgan fingerprint density at radius 3 is 1.92 bits per heavy atom. The fourth-order valence-corrected chi connectivity index (χ4v) is 4.97. The van der Waals surface area contributed by atoms with Crippen molar-refractivity contribution in [1.29, 1.82) is 0 Å². The van der Waals surface area contributed by atoms with Gasteiger partial charge in [-0.2, -0.15) is 26.3 Å². The van der Waals surface area contributed by atoms with Gasteiger partial charge >= 0.3 is 23.7 Å². The quantitative estimate of drug-likeness (QED) is 0.544. The van der Waals surface area contributed by atoms with Crippen molar-refractivity contribution in [2.24, 2.45) is 11.8 Å². The summed E-state index contributed by atoms with van der Waals surface area (Å²) in [5.74, 6) is -23.4. The number of fused-ring (bicyclic) bond motifs is 5. The lowest BCUT2D eigenvalue weighted by atomic mass is 9.66. The zero-order chi connectivity index (χ0) is 18.6. The molecule has 0 heterocycles. The van der Waals surface area contributed by atoms with Crippen molar-refractivity contribution in [2.75, 3.05) is 0 Å². The van der Waals surface area contributed by atoms with Crippen LogP contribution in [0.5, 0.6) is 0 Å². The van der Waals surface area contributed by atoms with Crippen LogP contribution >= 0.6 is 0 Å². The second-order valence-corrected chi connectivity index (χ2v) is 6.85. The van der Waals surface area contributed by atoms with E-state index in [4.69, 9.17) is 4.74 Å². The van der Waals surface area contributed by atoms with Gasteiger partial charge in [-0.25, -0.2) is 8.78 Å². The molecule has 0 aromatic heterocycles. The summed E-state index contributed by atoms with van der Waals surface area (Å²) in [5.41, 5.74) is -11.6. The zero-order valence-corrected chi connectivity index (χ0v) is 12.6. The molecule has 3 aliphatic rings. The molecule has 3 fully saturated rings. The van der Waals surface area contributed by atoms with Crippen LogP contribution in [0.1, 0.15) is 33.1 Å². The lowest BCUT2D eigenvalue weighted by Gasteiger charge is -2.48. The van der Waals surface area contributed by atoms with Crippen molar-refractivity contribution < 1.29 is 44.7 Å². The first-order valence-corrected chi connectivity index (χ1v) is 7.38. The van der Waals surface area contributed by atoms with Gasteiger partial charge in [-0.1, -0.05) is 6.92 Å². The first-order chi connectivity index (χ1) is 10.7. The lowest BCUT2D eigenvalue weighted by Crippen LogP contribution is -2.67. The number of alkyl halides is 8. The maximum absolute atomic E-state index is 15.2. The molecular formula is C14H14F8O2. The normalized spacial score (nSPS) is 49.9. The van der Waals surface area contributed by atoms with Gasteiger partial charge in [-0.3, -0.25) is 4.79 Å². The largest absolute Gasteiger partial charge is 0.459 e. The molecule has 0 aliphatic heterocycles. The predicted octanol–water partition coefficient (Wildman–Crippen LogP) is 4.07. The van der Waals surface area contributed by atoms with Gasteiger partial charge in [0.15, 0.2) is 0 Å². The highest BCUT2D eigenvalue weighted by Crippen LogP contribution is 2.81. The van der Waals surface area contributed by atoms with Crippen molar-refractivity contribution in [3.8, 4) is 0 Å². The Balaban J connectivity index is 2.24. The summed E-state index contributed by atoms with van der Waals surface area (Å²) in [4.78, 5) is 11.2. The minimum absolute atomic E-state index is 0.289. The standard InChI is InChI=1S/C14H14F8O2/c1-3-9(24-6(2)23)5-7-4-8(9)11(16)10(7,15)12(17,18)14(21,22)13(11,19)20/h7-8H,3-5H2,1-2H3. The molecule has 5 atom stereocenters. The Bertz CT molecular complexity index is 608. The number of carbonyl (C=O) groups is 1. The highest BCUT2D eigenvalue weighted by Gasteiger charge is 3.05. The summed E-state index contributed by atoms with van der Waals surface area (Å²) < 4.78 is 118. The number of hydrogen-bond donors (Lipinski definition) is 0. The number of halogens is 8. The molecule has 2 bridgehead atoms. The highest BCUT2D eigenvalue weighted by molar-refractivity contribution is 5.67. The molecule has 3 aliphatic carbocycles. The van der Waals surface area contributed by atoms with E-state index in [0.29, 0.717) is 0 Å². The van der Waals surface area contributed by atoms with Gasteiger partial charge in [0.25, 0.3) is 0 Å². The summed E-state index contributed by atoms with van der Waals surface area (Å²) in [6.45, 7) is 2.18. The molecule has 3 rings (SSSR count). The highest BCUT2D eigenvalue weighted by atomic mass is 19.4. The number of esters is 1. The fraction of sp³-hybridized carbons (Fsp3) is 0.929. The van der Waals surface area contributed by atoms with Crippen molar-refractivity contribution in [3.05, 3.63) is 0 Å². The molecule has 3 saturated carbocycles. The summed E-state index contributed by atoms with van der Waals surface area (Å²) in [6, 6.07) is 0. The Hall–Kier alpha value is -1.09. The molecule has 10 heteroatoms. The SMILES string of the molecule is CCC1(OC(C)=O)CC2CC1C1(F)C(F)(F)C(F)(F)C(F)(F)C21F. The van der Waals surface area contributed by atoms with E-state index in [1.54, 1.807) is 0 Å². The number of rotatable bonds is 2. The Labute approximate surface area is 131 Å². The molecule has 0 spiro atoms. The van der Waals surface area contributed by atoms with Gasteiger partial charge in [0.05, 0.1) is 0 Å². The van der Waals surface area contributed by atoms with E-state index in [-0.39, 0.29) is 6.42 Å². The van der Waals surface area contributed by atoms with Gasteiger partial charge in [-0.15, -0.1) is 0 Å². The van der Waals surface area contributed by atoms with E-state index < -0.39 is 65.4 Å². The number of carbonyl (C=O) groups excluding carboxylic acids is 1. The van der Waals surface area contributed by atoms with Crippen LogP contribution in [0.2, 0.25) is 0 Å². The van der Waals surface area contributed by atoms with E-state index in [2.05, 4.69) is 0 Å². The van der Waals surface area contributed by atoms with Crippen molar-refractivity contribution in [1.82, 2.24) is 0 Å². The molecule has 2 nitrogen and oxygen atoms in total. The molecule has 0 amide bonds. The Morgan fingerprint density at radius 2 is 1.46 bits per heavy atom. The molecular weight excluding hydrogens is 352 g/mol. The van der Waals surface area contributed by atoms with Gasteiger partial charge in [0.1, 0.15) is 5.60 Å². The van der Waals surface area contributed by atoms with Crippen molar-refractivity contribution in [2.45, 2.75) is 67.8 Å². The Morgan fingerprint density at radius 1 is 0.958 bits per heavy atom. The minimum atomic E-state index is -6.19. The first kappa shape index (κ1) is 17.7. The van der Waals surface area contributed by atoms with Crippen LogP contribution in [-0.2, 0) is 9.53 Å². The van der Waals surface area contributed by atoms with Gasteiger partial charge < -0.3 is 4.74 Å². The van der Waals surface area contributed by atoms with Gasteiger partial charge in [-0.05, 0) is 19.3 Å².